The molecule has 3 aromatic heterocycles. The number of thiophene rings is 1. The van der Waals surface area contributed by atoms with Gasteiger partial charge in [-0.15, -0.1) is 21.5 Å². The number of nitrogens with one attached hydrogen (secondary N) is 1. The molecule has 1 amide bonds. The Morgan fingerprint density at radius 1 is 1.12 bits per heavy atom. The van der Waals surface area contributed by atoms with E-state index in [1.165, 1.54) is 11.3 Å². The number of rotatable bonds is 3. The smallest absolute Gasteiger partial charge is 0.270 e. The fourth-order valence-electron chi connectivity index (χ4n) is 2.78. The van der Waals surface area contributed by atoms with E-state index in [-0.39, 0.29) is 11.3 Å². The first-order valence-electron chi connectivity index (χ1n) is 7.73. The van der Waals surface area contributed by atoms with Crippen molar-refractivity contribution in [3.8, 4) is 0 Å². The Morgan fingerprint density at radius 3 is 2.56 bits per heavy atom. The number of primary amides is 1. The zero-order valence-electron chi connectivity index (χ0n) is 13.2. The molecule has 3 aromatic rings. The number of anilines is 2. The summed E-state index contributed by atoms with van der Waals surface area (Å²) in [7, 11) is 0. The van der Waals surface area contributed by atoms with Crippen LogP contribution in [0, 0.1) is 0 Å². The standard InChI is InChI=1S/C15H15N7O2S/c16-13(23)10-1-2-11(20-19-10)21-4-6-22(7-5-21)15-17-9-3-8-25-12(9)14(24)18-15/h1-3,8H,4-7H2,(H2,16,23)(H,17,18,24). The highest BCUT2D eigenvalue weighted by Gasteiger charge is 2.21. The van der Waals surface area contributed by atoms with Crippen molar-refractivity contribution in [2.75, 3.05) is 36.0 Å². The summed E-state index contributed by atoms with van der Waals surface area (Å²) in [5, 5.41) is 9.75. The first-order chi connectivity index (χ1) is 12.1. The van der Waals surface area contributed by atoms with Gasteiger partial charge in [-0.3, -0.25) is 14.6 Å². The molecule has 10 heteroatoms. The largest absolute Gasteiger partial charge is 0.364 e. The molecule has 9 nitrogen and oxygen atoms in total. The van der Waals surface area contributed by atoms with Gasteiger partial charge < -0.3 is 15.5 Å². The molecule has 0 aliphatic carbocycles. The summed E-state index contributed by atoms with van der Waals surface area (Å²) in [4.78, 5) is 34.6. The van der Waals surface area contributed by atoms with Gasteiger partial charge in [0.15, 0.2) is 11.5 Å². The molecular weight excluding hydrogens is 342 g/mol. The first kappa shape index (κ1) is 15.5. The third kappa shape index (κ3) is 2.91. The Kier molecular flexibility index (Phi) is 3.80. The van der Waals surface area contributed by atoms with Crippen LogP contribution < -0.4 is 21.1 Å². The number of hydrogen-bond donors (Lipinski definition) is 2. The molecule has 3 N–H and O–H groups in total. The van der Waals surface area contributed by atoms with Gasteiger partial charge in [-0.25, -0.2) is 4.98 Å². The number of hydrogen-bond acceptors (Lipinski definition) is 8. The van der Waals surface area contributed by atoms with E-state index in [1.807, 2.05) is 16.3 Å². The van der Waals surface area contributed by atoms with Gasteiger partial charge in [0.1, 0.15) is 4.70 Å². The Morgan fingerprint density at radius 2 is 1.88 bits per heavy atom. The van der Waals surface area contributed by atoms with Crippen molar-refractivity contribution < 1.29 is 4.79 Å². The van der Waals surface area contributed by atoms with Crippen molar-refractivity contribution in [3.63, 3.8) is 0 Å². The maximum Gasteiger partial charge on any atom is 0.270 e. The number of fused-ring (bicyclic) bond motifs is 1. The van der Waals surface area contributed by atoms with E-state index in [9.17, 15) is 9.59 Å². The van der Waals surface area contributed by atoms with Crippen molar-refractivity contribution in [1.29, 1.82) is 0 Å². The lowest BCUT2D eigenvalue weighted by atomic mass is 10.3. The van der Waals surface area contributed by atoms with Crippen LogP contribution in [0.2, 0.25) is 0 Å². The van der Waals surface area contributed by atoms with E-state index in [2.05, 4.69) is 25.1 Å². The van der Waals surface area contributed by atoms with Crippen LogP contribution in [0.15, 0.2) is 28.4 Å². The summed E-state index contributed by atoms with van der Waals surface area (Å²) in [6.45, 7) is 2.79. The Bertz CT molecular complexity index is 973. The van der Waals surface area contributed by atoms with Crippen LogP contribution in [-0.4, -0.2) is 52.3 Å². The highest BCUT2D eigenvalue weighted by Crippen LogP contribution is 2.19. The molecule has 1 aliphatic heterocycles. The first-order valence-corrected chi connectivity index (χ1v) is 8.61. The van der Waals surface area contributed by atoms with E-state index in [0.717, 1.165) is 5.52 Å². The Balaban J connectivity index is 1.48. The van der Waals surface area contributed by atoms with E-state index in [1.54, 1.807) is 12.1 Å². The van der Waals surface area contributed by atoms with Gasteiger partial charge in [0.25, 0.3) is 11.5 Å². The number of piperazine rings is 1. The summed E-state index contributed by atoms with van der Waals surface area (Å²) in [5.41, 5.74) is 5.93. The minimum absolute atomic E-state index is 0.106. The lowest BCUT2D eigenvalue weighted by Crippen LogP contribution is -2.47. The minimum atomic E-state index is -0.595. The number of carbonyl (C=O) groups excluding carboxylic acids is 1. The summed E-state index contributed by atoms with van der Waals surface area (Å²) >= 11 is 1.39. The van der Waals surface area contributed by atoms with Crippen LogP contribution in [-0.2, 0) is 0 Å². The predicted molar refractivity (Wildman–Crippen MR) is 95.2 cm³/mol. The quantitative estimate of drug-likeness (QED) is 0.687. The molecule has 1 fully saturated rings. The fourth-order valence-corrected chi connectivity index (χ4v) is 3.51. The van der Waals surface area contributed by atoms with Crippen molar-refractivity contribution in [1.82, 2.24) is 20.2 Å². The third-order valence-electron chi connectivity index (χ3n) is 4.11. The molecule has 1 saturated heterocycles. The molecule has 0 aromatic carbocycles. The van der Waals surface area contributed by atoms with Crippen molar-refractivity contribution in [2.45, 2.75) is 0 Å². The molecule has 1 aliphatic rings. The van der Waals surface area contributed by atoms with Crippen LogP contribution in [0.4, 0.5) is 11.8 Å². The summed E-state index contributed by atoms with van der Waals surface area (Å²) in [5.74, 6) is 0.688. The average Bonchev–Trinajstić information content (AvgIpc) is 3.11. The topological polar surface area (TPSA) is 121 Å². The second kappa shape index (κ2) is 6.13. The summed E-state index contributed by atoms with van der Waals surface area (Å²) in [6, 6.07) is 5.16. The molecule has 4 rings (SSSR count). The van der Waals surface area contributed by atoms with Gasteiger partial charge in [-0.05, 0) is 23.6 Å². The molecule has 4 heterocycles. The molecule has 0 spiro atoms. The molecule has 0 atom stereocenters. The van der Waals surface area contributed by atoms with E-state index >= 15 is 0 Å². The number of nitrogens with two attached hydrogens (primary N) is 1. The highest BCUT2D eigenvalue weighted by atomic mass is 32.1. The second-order valence-electron chi connectivity index (χ2n) is 5.64. The van der Waals surface area contributed by atoms with Crippen molar-refractivity contribution in [2.24, 2.45) is 5.73 Å². The van der Waals surface area contributed by atoms with E-state index in [0.29, 0.717) is 42.6 Å². The van der Waals surface area contributed by atoms with Crippen LogP contribution in [0.25, 0.3) is 10.2 Å². The fraction of sp³-hybridized carbons (Fsp3) is 0.267. The monoisotopic (exact) mass is 357 g/mol. The number of amides is 1. The lowest BCUT2D eigenvalue weighted by Gasteiger charge is -2.35. The molecule has 128 valence electrons. The number of aromatic nitrogens is 4. The second-order valence-corrected chi connectivity index (χ2v) is 6.56. The highest BCUT2D eigenvalue weighted by molar-refractivity contribution is 7.17. The van der Waals surface area contributed by atoms with Gasteiger partial charge >= 0.3 is 0 Å². The van der Waals surface area contributed by atoms with Gasteiger partial charge in [0.2, 0.25) is 5.95 Å². The van der Waals surface area contributed by atoms with Crippen molar-refractivity contribution >= 4 is 39.2 Å². The van der Waals surface area contributed by atoms with Crippen molar-refractivity contribution in [3.05, 3.63) is 39.6 Å². The lowest BCUT2D eigenvalue weighted by molar-refractivity contribution is 0.0994. The zero-order valence-corrected chi connectivity index (χ0v) is 14.0. The van der Waals surface area contributed by atoms with Crippen LogP contribution in [0.3, 0.4) is 0 Å². The van der Waals surface area contributed by atoms with E-state index in [4.69, 9.17) is 5.73 Å². The SMILES string of the molecule is NC(=O)c1ccc(N2CCN(c3nc4ccsc4c(=O)[nH]3)CC2)nn1. The summed E-state index contributed by atoms with van der Waals surface area (Å²) < 4.78 is 0.646. The minimum Gasteiger partial charge on any atom is -0.364 e. The summed E-state index contributed by atoms with van der Waals surface area (Å²) in [6.07, 6.45) is 0. The zero-order chi connectivity index (χ0) is 17.4. The van der Waals surface area contributed by atoms with Gasteiger partial charge in [-0.1, -0.05) is 0 Å². The molecule has 0 bridgehead atoms. The van der Waals surface area contributed by atoms with Crippen LogP contribution >= 0.6 is 11.3 Å². The molecule has 0 unspecified atom stereocenters. The molecular formula is C15H15N7O2S. The number of nitrogens with zero attached hydrogens (tertiary/aromatic N) is 5. The number of carbonyl (C=O) groups is 1. The average molecular weight is 357 g/mol. The van der Waals surface area contributed by atoms with Gasteiger partial charge in [-0.2, -0.15) is 0 Å². The maximum absolute atomic E-state index is 12.1. The molecule has 0 saturated carbocycles. The van der Waals surface area contributed by atoms with Crippen LogP contribution in [0.5, 0.6) is 0 Å². The normalized spacial score (nSPS) is 14.9. The Labute approximate surface area is 146 Å². The third-order valence-corrected chi connectivity index (χ3v) is 5.01. The van der Waals surface area contributed by atoms with Crippen LogP contribution in [0.1, 0.15) is 10.5 Å². The molecule has 25 heavy (non-hydrogen) atoms. The number of H-pyrrole nitrogens is 1. The Hall–Kier alpha value is -3.01. The van der Waals surface area contributed by atoms with E-state index < -0.39 is 5.91 Å². The molecule has 0 radical (unpaired) electrons. The van der Waals surface area contributed by atoms with Gasteiger partial charge in [0.05, 0.1) is 5.52 Å². The maximum atomic E-state index is 12.1. The number of aromatic amines is 1. The van der Waals surface area contributed by atoms with Gasteiger partial charge in [0, 0.05) is 26.2 Å². The predicted octanol–water partition coefficient (Wildman–Crippen LogP) is 0.200.